The van der Waals surface area contributed by atoms with E-state index in [9.17, 15) is 10.1 Å². The molecule has 0 unspecified atom stereocenters. The van der Waals surface area contributed by atoms with Gasteiger partial charge in [-0.15, -0.1) is 0 Å². The van der Waals surface area contributed by atoms with Crippen molar-refractivity contribution in [2.45, 2.75) is 13.8 Å². The highest BCUT2D eigenvalue weighted by Crippen LogP contribution is 2.19. The molecule has 0 aliphatic rings. The molecular formula is C11H12N6O3. The van der Waals surface area contributed by atoms with Crippen LogP contribution < -0.4 is 5.73 Å². The molecular weight excluding hydrogens is 264 g/mol. The molecule has 0 aromatic carbocycles. The molecule has 2 aromatic heterocycles. The highest BCUT2D eigenvalue weighted by Gasteiger charge is 2.18. The van der Waals surface area contributed by atoms with E-state index in [1.54, 1.807) is 19.9 Å². The third-order valence-electron chi connectivity index (χ3n) is 2.69. The van der Waals surface area contributed by atoms with Gasteiger partial charge < -0.3 is 10.9 Å². The summed E-state index contributed by atoms with van der Waals surface area (Å²) in [5.41, 5.74) is 7.24. The normalized spacial score (nSPS) is 11.6. The van der Waals surface area contributed by atoms with Crippen LogP contribution >= 0.6 is 0 Å². The van der Waals surface area contributed by atoms with Crippen molar-refractivity contribution in [1.82, 2.24) is 14.8 Å². The number of nitrogens with zero attached hydrogens (tertiary/aromatic N) is 5. The minimum Gasteiger partial charge on any atom is -0.409 e. The monoisotopic (exact) mass is 276 g/mol. The first-order valence-corrected chi connectivity index (χ1v) is 5.59. The minimum atomic E-state index is -0.560. The Morgan fingerprint density at radius 1 is 1.55 bits per heavy atom. The molecule has 9 heteroatoms. The van der Waals surface area contributed by atoms with Gasteiger partial charge in [0.05, 0.1) is 10.5 Å². The summed E-state index contributed by atoms with van der Waals surface area (Å²) in [7, 11) is 0. The molecule has 3 N–H and O–H groups in total. The Kier molecular flexibility index (Phi) is 3.34. The molecule has 2 aromatic rings. The third-order valence-corrected chi connectivity index (χ3v) is 2.69. The average molecular weight is 276 g/mol. The maximum Gasteiger partial charge on any atom is 0.307 e. The van der Waals surface area contributed by atoms with Gasteiger partial charge in [0.2, 0.25) is 0 Å². The van der Waals surface area contributed by atoms with Gasteiger partial charge in [-0.2, -0.15) is 5.10 Å². The maximum atomic E-state index is 10.7. The van der Waals surface area contributed by atoms with E-state index in [-0.39, 0.29) is 17.3 Å². The molecule has 20 heavy (non-hydrogen) atoms. The average Bonchev–Trinajstić information content (AvgIpc) is 2.86. The molecule has 0 fully saturated rings. The first kappa shape index (κ1) is 13.5. The number of nitro groups is 1. The quantitative estimate of drug-likeness (QED) is 0.281. The van der Waals surface area contributed by atoms with Gasteiger partial charge in [0, 0.05) is 5.69 Å². The zero-order valence-corrected chi connectivity index (χ0v) is 10.8. The standard InChI is InChI=1S/C11H12N6O3/c1-6-3-7(2)14-11(9(6)10(12)15-18)16-5-8(4-13-16)17(19)20/h3-5,18H,1-2H3,(H2,12,15). The van der Waals surface area contributed by atoms with Crippen LogP contribution in [0.1, 0.15) is 16.8 Å². The summed E-state index contributed by atoms with van der Waals surface area (Å²) in [6.45, 7) is 3.54. The lowest BCUT2D eigenvalue weighted by molar-refractivity contribution is -0.384. The molecule has 0 saturated heterocycles. The zero-order chi connectivity index (χ0) is 14.9. The second-order valence-electron chi connectivity index (χ2n) is 4.16. The number of hydrogen-bond donors (Lipinski definition) is 2. The van der Waals surface area contributed by atoms with Gasteiger partial charge in [-0.3, -0.25) is 10.1 Å². The maximum absolute atomic E-state index is 10.7. The summed E-state index contributed by atoms with van der Waals surface area (Å²) in [6.07, 6.45) is 2.32. The number of aryl methyl sites for hydroxylation is 2. The number of amidine groups is 1. The van der Waals surface area contributed by atoms with E-state index in [1.807, 2.05) is 0 Å². The summed E-state index contributed by atoms with van der Waals surface area (Å²) in [6, 6.07) is 1.76. The predicted molar refractivity (Wildman–Crippen MR) is 70.0 cm³/mol. The van der Waals surface area contributed by atoms with Crippen LogP contribution in [0.4, 0.5) is 5.69 Å². The predicted octanol–water partition coefficient (Wildman–Crippen LogP) is 0.887. The number of rotatable bonds is 3. The first-order chi connectivity index (χ1) is 9.43. The Bertz CT molecular complexity index is 706. The molecule has 2 rings (SSSR count). The lowest BCUT2D eigenvalue weighted by Crippen LogP contribution is -2.19. The number of aromatic nitrogens is 3. The Morgan fingerprint density at radius 3 is 2.80 bits per heavy atom. The Balaban J connectivity index is 2.68. The van der Waals surface area contributed by atoms with Crippen molar-refractivity contribution >= 4 is 11.5 Å². The lowest BCUT2D eigenvalue weighted by atomic mass is 10.1. The molecule has 0 radical (unpaired) electrons. The molecule has 104 valence electrons. The molecule has 0 aliphatic carbocycles. The number of pyridine rings is 1. The minimum absolute atomic E-state index is 0.136. The molecule has 0 spiro atoms. The van der Waals surface area contributed by atoms with Crippen LogP contribution in [0.3, 0.4) is 0 Å². The highest BCUT2D eigenvalue weighted by atomic mass is 16.6. The summed E-state index contributed by atoms with van der Waals surface area (Å²) in [5, 5.41) is 26.4. The number of hydrogen-bond acceptors (Lipinski definition) is 6. The van der Waals surface area contributed by atoms with Crippen LogP contribution in [-0.2, 0) is 0 Å². The van der Waals surface area contributed by atoms with Gasteiger partial charge in [0.25, 0.3) is 0 Å². The van der Waals surface area contributed by atoms with E-state index in [4.69, 9.17) is 10.9 Å². The second kappa shape index (κ2) is 4.96. The van der Waals surface area contributed by atoms with E-state index in [0.717, 1.165) is 11.8 Å². The smallest absolute Gasteiger partial charge is 0.307 e. The molecule has 0 saturated carbocycles. The van der Waals surface area contributed by atoms with Gasteiger partial charge in [-0.05, 0) is 25.5 Å². The largest absolute Gasteiger partial charge is 0.409 e. The SMILES string of the molecule is Cc1cc(C)c(/C(N)=N/O)c(-n2cc([N+](=O)[O-])cn2)n1. The summed E-state index contributed by atoms with van der Waals surface area (Å²) in [4.78, 5) is 14.4. The van der Waals surface area contributed by atoms with Crippen molar-refractivity contribution in [3.63, 3.8) is 0 Å². The van der Waals surface area contributed by atoms with Crippen LogP contribution in [0.15, 0.2) is 23.6 Å². The van der Waals surface area contributed by atoms with Crippen molar-refractivity contribution in [3.05, 3.63) is 45.4 Å². The molecule has 2 heterocycles. The molecule has 0 bridgehead atoms. The molecule has 0 aliphatic heterocycles. The highest BCUT2D eigenvalue weighted by molar-refractivity contribution is 6.01. The van der Waals surface area contributed by atoms with Crippen molar-refractivity contribution in [1.29, 1.82) is 0 Å². The first-order valence-electron chi connectivity index (χ1n) is 5.59. The molecule has 9 nitrogen and oxygen atoms in total. The van der Waals surface area contributed by atoms with Crippen LogP contribution in [0.25, 0.3) is 5.82 Å². The van der Waals surface area contributed by atoms with Crippen LogP contribution in [0, 0.1) is 24.0 Å². The molecule has 0 amide bonds. The van der Waals surface area contributed by atoms with Crippen LogP contribution in [0.5, 0.6) is 0 Å². The van der Waals surface area contributed by atoms with Gasteiger partial charge in [-0.25, -0.2) is 9.67 Å². The summed E-state index contributed by atoms with van der Waals surface area (Å²) >= 11 is 0. The summed E-state index contributed by atoms with van der Waals surface area (Å²) in [5.74, 6) is 0.133. The van der Waals surface area contributed by atoms with E-state index >= 15 is 0 Å². The van der Waals surface area contributed by atoms with Crippen LogP contribution in [-0.4, -0.2) is 30.7 Å². The third kappa shape index (κ3) is 2.28. The van der Waals surface area contributed by atoms with Gasteiger partial charge in [0.15, 0.2) is 11.7 Å². The fourth-order valence-electron chi connectivity index (χ4n) is 1.87. The van der Waals surface area contributed by atoms with Crippen molar-refractivity contribution in [2.24, 2.45) is 10.9 Å². The topological polar surface area (TPSA) is 132 Å². The van der Waals surface area contributed by atoms with Crippen molar-refractivity contribution in [3.8, 4) is 5.82 Å². The fourth-order valence-corrected chi connectivity index (χ4v) is 1.87. The Hall–Kier alpha value is -2.97. The summed E-state index contributed by atoms with van der Waals surface area (Å²) < 4.78 is 1.23. The van der Waals surface area contributed by atoms with Gasteiger partial charge >= 0.3 is 5.69 Å². The van der Waals surface area contributed by atoms with Crippen LogP contribution in [0.2, 0.25) is 0 Å². The lowest BCUT2D eigenvalue weighted by Gasteiger charge is -2.11. The van der Waals surface area contributed by atoms with E-state index in [1.165, 1.54) is 10.9 Å². The fraction of sp³-hybridized carbons (Fsp3) is 0.182. The van der Waals surface area contributed by atoms with Crippen molar-refractivity contribution in [2.75, 3.05) is 0 Å². The van der Waals surface area contributed by atoms with Crippen molar-refractivity contribution < 1.29 is 10.1 Å². The second-order valence-corrected chi connectivity index (χ2v) is 4.16. The number of oxime groups is 1. The number of nitrogens with two attached hydrogens (primary N) is 1. The van der Waals surface area contributed by atoms with Gasteiger partial charge in [-0.1, -0.05) is 5.16 Å². The Labute approximate surface area is 113 Å². The van der Waals surface area contributed by atoms with E-state index in [0.29, 0.717) is 11.3 Å². The Morgan fingerprint density at radius 2 is 2.25 bits per heavy atom. The van der Waals surface area contributed by atoms with E-state index < -0.39 is 4.92 Å². The van der Waals surface area contributed by atoms with Gasteiger partial charge in [0.1, 0.15) is 12.4 Å². The molecule has 0 atom stereocenters. The van der Waals surface area contributed by atoms with E-state index in [2.05, 4.69) is 15.2 Å². The zero-order valence-electron chi connectivity index (χ0n) is 10.8.